The standard InChI is InChI=1S/C10H9ClN4O3/c1-5-2-7(14-15(5)10(17)18)8(16)6-3-12-4-13-9(6)11/h2-4,8,16H,1H3,(H,17,18). The van der Waals surface area contributed by atoms with E-state index in [2.05, 4.69) is 15.1 Å². The third-order valence-electron chi connectivity index (χ3n) is 2.35. The summed E-state index contributed by atoms with van der Waals surface area (Å²) < 4.78 is 0.774. The molecule has 2 aromatic heterocycles. The summed E-state index contributed by atoms with van der Waals surface area (Å²) in [4.78, 5) is 18.3. The molecule has 0 amide bonds. The summed E-state index contributed by atoms with van der Waals surface area (Å²) in [5.74, 6) is 0. The molecule has 0 aromatic carbocycles. The Bertz CT molecular complexity index is 599. The van der Waals surface area contributed by atoms with Gasteiger partial charge in [0.2, 0.25) is 0 Å². The van der Waals surface area contributed by atoms with E-state index in [0.29, 0.717) is 5.69 Å². The van der Waals surface area contributed by atoms with E-state index in [9.17, 15) is 9.90 Å². The molecular weight excluding hydrogens is 260 g/mol. The zero-order chi connectivity index (χ0) is 13.3. The minimum Gasteiger partial charge on any atom is -0.463 e. The number of halogens is 1. The summed E-state index contributed by atoms with van der Waals surface area (Å²) >= 11 is 5.82. The Morgan fingerprint density at radius 1 is 1.56 bits per heavy atom. The Morgan fingerprint density at radius 3 is 2.83 bits per heavy atom. The molecule has 0 bridgehead atoms. The average molecular weight is 269 g/mol. The van der Waals surface area contributed by atoms with Crippen LogP contribution in [0, 0.1) is 6.92 Å². The summed E-state index contributed by atoms with van der Waals surface area (Å²) in [6, 6.07) is 1.46. The highest BCUT2D eigenvalue weighted by Crippen LogP contribution is 2.25. The fraction of sp³-hybridized carbons (Fsp3) is 0.200. The first-order chi connectivity index (χ1) is 8.50. The fourth-order valence-corrected chi connectivity index (χ4v) is 1.69. The van der Waals surface area contributed by atoms with Crippen LogP contribution in [-0.2, 0) is 0 Å². The summed E-state index contributed by atoms with van der Waals surface area (Å²) in [6.07, 6.45) is 0.216. The van der Waals surface area contributed by atoms with Crippen LogP contribution in [0.15, 0.2) is 18.6 Å². The number of aromatic nitrogens is 4. The molecule has 0 aliphatic rings. The number of carbonyl (C=O) groups is 1. The molecule has 18 heavy (non-hydrogen) atoms. The molecule has 94 valence electrons. The summed E-state index contributed by atoms with van der Waals surface area (Å²) in [7, 11) is 0. The number of rotatable bonds is 2. The monoisotopic (exact) mass is 268 g/mol. The lowest BCUT2D eigenvalue weighted by molar-refractivity contribution is 0.189. The van der Waals surface area contributed by atoms with Crippen molar-refractivity contribution in [1.29, 1.82) is 0 Å². The van der Waals surface area contributed by atoms with Crippen LogP contribution in [0.2, 0.25) is 5.15 Å². The first-order valence-electron chi connectivity index (χ1n) is 4.94. The van der Waals surface area contributed by atoms with E-state index in [4.69, 9.17) is 16.7 Å². The first kappa shape index (κ1) is 12.5. The van der Waals surface area contributed by atoms with Crippen LogP contribution < -0.4 is 0 Å². The number of aryl methyl sites for hydroxylation is 1. The van der Waals surface area contributed by atoms with Gasteiger partial charge >= 0.3 is 6.09 Å². The van der Waals surface area contributed by atoms with Gasteiger partial charge < -0.3 is 10.2 Å². The van der Waals surface area contributed by atoms with E-state index in [1.807, 2.05) is 0 Å². The molecule has 1 unspecified atom stereocenters. The maximum absolute atomic E-state index is 10.8. The van der Waals surface area contributed by atoms with Crippen molar-refractivity contribution < 1.29 is 15.0 Å². The lowest BCUT2D eigenvalue weighted by Gasteiger charge is -2.07. The van der Waals surface area contributed by atoms with Crippen LogP contribution >= 0.6 is 11.6 Å². The van der Waals surface area contributed by atoms with E-state index in [1.165, 1.54) is 18.6 Å². The fourth-order valence-electron chi connectivity index (χ4n) is 1.49. The number of carboxylic acid groups (broad SMARTS) is 1. The van der Waals surface area contributed by atoms with Crippen molar-refractivity contribution in [1.82, 2.24) is 19.7 Å². The van der Waals surface area contributed by atoms with Gasteiger partial charge in [-0.1, -0.05) is 11.6 Å². The number of hydrogen-bond donors (Lipinski definition) is 2. The molecule has 0 saturated heterocycles. The second-order valence-corrected chi connectivity index (χ2v) is 3.93. The third-order valence-corrected chi connectivity index (χ3v) is 2.67. The second-order valence-electron chi connectivity index (χ2n) is 3.58. The van der Waals surface area contributed by atoms with Crippen LogP contribution in [0.4, 0.5) is 4.79 Å². The van der Waals surface area contributed by atoms with Gasteiger partial charge in [-0.25, -0.2) is 14.8 Å². The Balaban J connectivity index is 2.41. The van der Waals surface area contributed by atoms with E-state index in [1.54, 1.807) is 6.92 Å². The molecule has 2 rings (SSSR count). The van der Waals surface area contributed by atoms with Crippen LogP contribution in [0.5, 0.6) is 0 Å². The highest BCUT2D eigenvalue weighted by Gasteiger charge is 2.20. The van der Waals surface area contributed by atoms with Crippen molar-refractivity contribution in [3.8, 4) is 0 Å². The average Bonchev–Trinajstić information content (AvgIpc) is 2.71. The van der Waals surface area contributed by atoms with Gasteiger partial charge in [0.1, 0.15) is 17.6 Å². The Labute approximate surface area is 107 Å². The highest BCUT2D eigenvalue weighted by atomic mass is 35.5. The maximum Gasteiger partial charge on any atom is 0.432 e. The van der Waals surface area contributed by atoms with Gasteiger partial charge in [0.25, 0.3) is 0 Å². The molecule has 8 heteroatoms. The Kier molecular flexibility index (Phi) is 3.26. The first-order valence-corrected chi connectivity index (χ1v) is 5.32. The van der Waals surface area contributed by atoms with E-state index < -0.39 is 12.2 Å². The van der Waals surface area contributed by atoms with E-state index >= 15 is 0 Å². The molecule has 2 aromatic rings. The molecule has 0 aliphatic carbocycles. The zero-order valence-electron chi connectivity index (χ0n) is 9.28. The van der Waals surface area contributed by atoms with Gasteiger partial charge in [-0.3, -0.25) is 0 Å². The lowest BCUT2D eigenvalue weighted by atomic mass is 10.1. The van der Waals surface area contributed by atoms with E-state index in [0.717, 1.165) is 4.68 Å². The molecule has 7 nitrogen and oxygen atoms in total. The van der Waals surface area contributed by atoms with E-state index in [-0.39, 0.29) is 16.4 Å². The third kappa shape index (κ3) is 2.18. The van der Waals surface area contributed by atoms with Gasteiger partial charge in [-0.15, -0.1) is 0 Å². The van der Waals surface area contributed by atoms with Crippen molar-refractivity contribution in [3.63, 3.8) is 0 Å². The number of aliphatic hydroxyl groups is 1. The Morgan fingerprint density at radius 2 is 2.28 bits per heavy atom. The van der Waals surface area contributed by atoms with Gasteiger partial charge in [0.05, 0.1) is 5.69 Å². The van der Waals surface area contributed by atoms with Crippen LogP contribution in [0.3, 0.4) is 0 Å². The number of hydrogen-bond acceptors (Lipinski definition) is 5. The van der Waals surface area contributed by atoms with Crippen molar-refractivity contribution >= 4 is 17.7 Å². The molecule has 0 radical (unpaired) electrons. The minimum atomic E-state index is -1.22. The lowest BCUT2D eigenvalue weighted by Crippen LogP contribution is -2.12. The van der Waals surface area contributed by atoms with Gasteiger partial charge in [-0.05, 0) is 13.0 Å². The number of nitrogens with zero attached hydrogens (tertiary/aromatic N) is 4. The van der Waals surface area contributed by atoms with Crippen LogP contribution in [0.1, 0.15) is 23.1 Å². The predicted octanol–water partition coefficient (Wildman–Crippen LogP) is 1.24. The highest BCUT2D eigenvalue weighted by molar-refractivity contribution is 6.30. The second kappa shape index (κ2) is 4.71. The van der Waals surface area contributed by atoms with Gasteiger partial charge in [-0.2, -0.15) is 9.78 Å². The zero-order valence-corrected chi connectivity index (χ0v) is 10.0. The van der Waals surface area contributed by atoms with Crippen LogP contribution in [-0.4, -0.2) is 36.1 Å². The predicted molar refractivity (Wildman–Crippen MR) is 61.5 cm³/mol. The molecule has 1 atom stereocenters. The summed E-state index contributed by atoms with van der Waals surface area (Å²) in [5, 5.41) is 22.8. The van der Waals surface area contributed by atoms with Gasteiger partial charge in [0.15, 0.2) is 0 Å². The van der Waals surface area contributed by atoms with Crippen molar-refractivity contribution in [3.05, 3.63) is 40.7 Å². The van der Waals surface area contributed by atoms with Gasteiger partial charge in [0, 0.05) is 17.5 Å². The molecule has 2 N–H and O–H groups in total. The molecule has 0 saturated carbocycles. The maximum atomic E-state index is 10.8. The number of aliphatic hydroxyl groups excluding tert-OH is 1. The molecule has 0 spiro atoms. The normalized spacial score (nSPS) is 12.4. The molecule has 2 heterocycles. The molecule has 0 aliphatic heterocycles. The van der Waals surface area contributed by atoms with Crippen molar-refractivity contribution in [2.24, 2.45) is 0 Å². The minimum absolute atomic E-state index is 0.0972. The largest absolute Gasteiger partial charge is 0.463 e. The molecular formula is C10H9ClN4O3. The van der Waals surface area contributed by atoms with Crippen LogP contribution in [0.25, 0.3) is 0 Å². The summed E-state index contributed by atoms with van der Waals surface area (Å²) in [5.41, 5.74) is 0.838. The molecule has 0 fully saturated rings. The smallest absolute Gasteiger partial charge is 0.432 e. The van der Waals surface area contributed by atoms with Crippen molar-refractivity contribution in [2.75, 3.05) is 0 Å². The Hall–Kier alpha value is -1.99. The SMILES string of the molecule is Cc1cc(C(O)c2cncnc2Cl)nn1C(=O)O. The summed E-state index contributed by atoms with van der Waals surface area (Å²) in [6.45, 7) is 1.57. The topological polar surface area (TPSA) is 101 Å². The quantitative estimate of drug-likeness (QED) is 0.795. The van der Waals surface area contributed by atoms with Crippen molar-refractivity contribution in [2.45, 2.75) is 13.0 Å².